The molecule has 2 aromatic rings. The lowest BCUT2D eigenvalue weighted by Gasteiger charge is -2.17. The Morgan fingerprint density at radius 1 is 1.35 bits per heavy atom. The fourth-order valence-corrected chi connectivity index (χ4v) is 1.93. The van der Waals surface area contributed by atoms with Crippen LogP contribution in [-0.4, -0.2) is 26.8 Å². The van der Waals surface area contributed by atoms with Gasteiger partial charge < -0.3 is 5.32 Å². The Labute approximate surface area is 101 Å². The predicted molar refractivity (Wildman–Crippen MR) is 65.5 cm³/mol. The van der Waals surface area contributed by atoms with E-state index in [1.165, 1.54) is 0 Å². The molecule has 2 aromatic heterocycles. The van der Waals surface area contributed by atoms with Crippen molar-refractivity contribution in [2.24, 2.45) is 0 Å². The summed E-state index contributed by atoms with van der Waals surface area (Å²) in [5, 5.41) is 7.61. The van der Waals surface area contributed by atoms with Crippen molar-refractivity contribution in [2.75, 3.05) is 7.05 Å². The van der Waals surface area contributed by atoms with Gasteiger partial charge in [0.05, 0.1) is 11.7 Å². The Hall–Kier alpha value is -1.75. The van der Waals surface area contributed by atoms with Crippen molar-refractivity contribution in [3.63, 3.8) is 0 Å². The summed E-state index contributed by atoms with van der Waals surface area (Å²) in [5.74, 6) is 0. The van der Waals surface area contributed by atoms with Crippen molar-refractivity contribution in [1.82, 2.24) is 25.1 Å². The van der Waals surface area contributed by atoms with E-state index in [0.29, 0.717) is 0 Å². The normalized spacial score (nSPS) is 12.6. The summed E-state index contributed by atoms with van der Waals surface area (Å²) >= 11 is 0. The highest BCUT2D eigenvalue weighted by molar-refractivity contribution is 5.22. The van der Waals surface area contributed by atoms with Crippen LogP contribution in [0.3, 0.4) is 0 Å². The minimum absolute atomic E-state index is 0.0882. The van der Waals surface area contributed by atoms with Gasteiger partial charge in [-0.15, -0.1) is 0 Å². The zero-order valence-corrected chi connectivity index (χ0v) is 10.2. The van der Waals surface area contributed by atoms with Crippen LogP contribution < -0.4 is 5.32 Å². The molecule has 0 spiro atoms. The van der Waals surface area contributed by atoms with E-state index >= 15 is 0 Å². The van der Waals surface area contributed by atoms with Crippen LogP contribution in [0.25, 0.3) is 0 Å². The van der Waals surface area contributed by atoms with Crippen LogP contribution in [0.15, 0.2) is 31.0 Å². The maximum Gasteiger partial charge on any atom is 0.115 e. The molecule has 2 rings (SSSR count). The van der Waals surface area contributed by atoms with Crippen LogP contribution in [-0.2, 0) is 6.54 Å². The number of aromatic nitrogens is 4. The second kappa shape index (κ2) is 5.54. The number of hydrogen-bond acceptors (Lipinski definition) is 4. The number of rotatable bonds is 5. The van der Waals surface area contributed by atoms with Crippen molar-refractivity contribution in [3.05, 3.63) is 42.2 Å². The van der Waals surface area contributed by atoms with Crippen molar-refractivity contribution in [2.45, 2.75) is 25.9 Å². The fourth-order valence-electron chi connectivity index (χ4n) is 1.93. The molecule has 1 unspecified atom stereocenters. The molecule has 17 heavy (non-hydrogen) atoms. The molecule has 0 aliphatic heterocycles. The van der Waals surface area contributed by atoms with E-state index in [9.17, 15) is 0 Å². The highest BCUT2D eigenvalue weighted by Gasteiger charge is 2.16. The van der Waals surface area contributed by atoms with Crippen LogP contribution in [0.1, 0.15) is 30.6 Å². The summed E-state index contributed by atoms with van der Waals surface area (Å²) in [6.07, 6.45) is 8.10. The van der Waals surface area contributed by atoms with Crippen LogP contribution in [0.5, 0.6) is 0 Å². The van der Waals surface area contributed by atoms with Gasteiger partial charge in [0, 0.05) is 30.7 Å². The molecule has 0 radical (unpaired) electrons. The van der Waals surface area contributed by atoms with E-state index < -0.39 is 0 Å². The van der Waals surface area contributed by atoms with Gasteiger partial charge in [-0.25, -0.2) is 9.97 Å². The topological polar surface area (TPSA) is 55.6 Å². The third-order valence-corrected chi connectivity index (χ3v) is 2.68. The molecule has 2 heterocycles. The van der Waals surface area contributed by atoms with Crippen molar-refractivity contribution < 1.29 is 0 Å². The highest BCUT2D eigenvalue weighted by Crippen LogP contribution is 2.20. The quantitative estimate of drug-likeness (QED) is 0.845. The maximum absolute atomic E-state index is 4.34. The predicted octanol–water partition coefficient (Wildman–Crippen LogP) is 1.39. The van der Waals surface area contributed by atoms with Gasteiger partial charge in [-0.05, 0) is 19.5 Å². The average Bonchev–Trinajstić information content (AvgIpc) is 2.81. The molecule has 5 nitrogen and oxygen atoms in total. The molecule has 0 aliphatic carbocycles. The number of nitrogens with zero attached hydrogens (tertiary/aromatic N) is 4. The molecule has 1 N–H and O–H groups in total. The highest BCUT2D eigenvalue weighted by atomic mass is 15.3. The van der Waals surface area contributed by atoms with Gasteiger partial charge in [-0.1, -0.05) is 6.92 Å². The first-order chi connectivity index (χ1) is 8.36. The fraction of sp³-hybridized carbons (Fsp3) is 0.417. The first kappa shape index (κ1) is 11.7. The zero-order valence-electron chi connectivity index (χ0n) is 10.2. The summed E-state index contributed by atoms with van der Waals surface area (Å²) in [4.78, 5) is 8.12. The summed E-state index contributed by atoms with van der Waals surface area (Å²) in [6, 6.07) is 2.12. The third-order valence-electron chi connectivity index (χ3n) is 2.68. The zero-order chi connectivity index (χ0) is 12.1. The molecule has 0 saturated heterocycles. The van der Waals surface area contributed by atoms with Crippen LogP contribution >= 0.6 is 0 Å². The van der Waals surface area contributed by atoms with Crippen LogP contribution in [0.2, 0.25) is 0 Å². The Morgan fingerprint density at radius 2 is 2.12 bits per heavy atom. The first-order valence-electron chi connectivity index (χ1n) is 5.80. The van der Waals surface area contributed by atoms with Gasteiger partial charge >= 0.3 is 0 Å². The molecule has 0 saturated carbocycles. The number of nitrogens with one attached hydrogen (secondary N) is 1. The summed E-state index contributed by atoms with van der Waals surface area (Å²) in [6.45, 7) is 3.07. The van der Waals surface area contributed by atoms with Gasteiger partial charge in [-0.2, -0.15) is 5.10 Å². The largest absolute Gasteiger partial charge is 0.308 e. The molecule has 1 atom stereocenters. The molecular weight excluding hydrogens is 214 g/mol. The van der Waals surface area contributed by atoms with Gasteiger partial charge in [0.1, 0.15) is 6.33 Å². The average molecular weight is 231 g/mol. The Morgan fingerprint density at radius 3 is 2.76 bits per heavy atom. The lowest BCUT2D eigenvalue weighted by Crippen LogP contribution is -2.22. The molecule has 0 aliphatic rings. The van der Waals surface area contributed by atoms with E-state index in [2.05, 4.69) is 27.3 Å². The van der Waals surface area contributed by atoms with E-state index in [1.807, 2.05) is 36.4 Å². The van der Waals surface area contributed by atoms with E-state index in [4.69, 9.17) is 0 Å². The third kappa shape index (κ3) is 2.50. The molecule has 0 aromatic carbocycles. The van der Waals surface area contributed by atoms with E-state index in [0.717, 1.165) is 24.2 Å². The lowest BCUT2D eigenvalue weighted by atomic mass is 10.1. The summed E-state index contributed by atoms with van der Waals surface area (Å²) in [5.41, 5.74) is 2.19. The summed E-state index contributed by atoms with van der Waals surface area (Å²) in [7, 11) is 1.93. The van der Waals surface area contributed by atoms with Gasteiger partial charge in [0.15, 0.2) is 0 Å². The lowest BCUT2D eigenvalue weighted by molar-refractivity contribution is 0.533. The molecular formula is C12H17N5. The maximum atomic E-state index is 4.34. The first-order valence-corrected chi connectivity index (χ1v) is 5.80. The number of hydrogen-bond donors (Lipinski definition) is 1. The second-order valence-corrected chi connectivity index (χ2v) is 3.87. The van der Waals surface area contributed by atoms with Crippen LogP contribution in [0, 0.1) is 0 Å². The van der Waals surface area contributed by atoms with Crippen molar-refractivity contribution in [1.29, 1.82) is 0 Å². The van der Waals surface area contributed by atoms with Gasteiger partial charge in [-0.3, -0.25) is 4.68 Å². The molecule has 90 valence electrons. The minimum atomic E-state index is 0.0882. The van der Waals surface area contributed by atoms with Crippen molar-refractivity contribution >= 4 is 0 Å². The SMILES string of the molecule is CCCn1nccc1C(NC)c1cncnc1. The molecule has 5 heteroatoms. The minimum Gasteiger partial charge on any atom is -0.308 e. The Bertz CT molecular complexity index is 451. The van der Waals surface area contributed by atoms with E-state index in [-0.39, 0.29) is 6.04 Å². The number of aryl methyl sites for hydroxylation is 1. The Kier molecular flexibility index (Phi) is 3.82. The van der Waals surface area contributed by atoms with Crippen LogP contribution in [0.4, 0.5) is 0 Å². The smallest absolute Gasteiger partial charge is 0.115 e. The second-order valence-electron chi connectivity index (χ2n) is 3.87. The standard InChI is InChI=1S/C12H17N5/c1-3-6-17-11(4-5-16-17)12(13-2)10-7-14-9-15-8-10/h4-5,7-9,12-13H,3,6H2,1-2H3. The monoisotopic (exact) mass is 231 g/mol. The molecule has 0 fully saturated rings. The van der Waals surface area contributed by atoms with Gasteiger partial charge in [0.25, 0.3) is 0 Å². The van der Waals surface area contributed by atoms with E-state index in [1.54, 1.807) is 6.33 Å². The molecule has 0 bridgehead atoms. The summed E-state index contributed by atoms with van der Waals surface area (Å²) < 4.78 is 2.02. The van der Waals surface area contributed by atoms with Gasteiger partial charge in [0.2, 0.25) is 0 Å². The van der Waals surface area contributed by atoms with Crippen molar-refractivity contribution in [3.8, 4) is 0 Å². The molecule has 0 amide bonds. The Balaban J connectivity index is 2.32.